The number of carbonyl (C=O) groups excluding carboxylic acids is 1. The van der Waals surface area contributed by atoms with Gasteiger partial charge in [0.25, 0.3) is 0 Å². The number of fused-ring (bicyclic) bond motifs is 3. The Bertz CT molecular complexity index is 602. The Morgan fingerprint density at radius 1 is 1.25 bits per heavy atom. The summed E-state index contributed by atoms with van der Waals surface area (Å²) in [5.74, 6) is 0.385. The van der Waals surface area contributed by atoms with Gasteiger partial charge in [0.15, 0.2) is 0 Å². The van der Waals surface area contributed by atoms with Crippen LogP contribution in [0.15, 0.2) is 36.5 Å². The fourth-order valence-corrected chi connectivity index (χ4v) is 1.83. The highest BCUT2D eigenvalue weighted by Crippen LogP contribution is 2.31. The predicted octanol–water partition coefficient (Wildman–Crippen LogP) is 2.56. The quantitative estimate of drug-likeness (QED) is 0.496. The van der Waals surface area contributed by atoms with Crippen molar-refractivity contribution in [3.63, 3.8) is 0 Å². The molecule has 0 saturated carbocycles. The molecular formula is C13H9NO2. The lowest BCUT2D eigenvalue weighted by molar-refractivity contribution is -0.133. The first-order valence-electron chi connectivity index (χ1n) is 5.09. The number of aromatic nitrogens is 1. The molecule has 3 heteroatoms. The maximum absolute atomic E-state index is 11.4. The molecule has 16 heavy (non-hydrogen) atoms. The second-order valence-corrected chi connectivity index (χ2v) is 3.63. The Hall–Kier alpha value is -2.16. The van der Waals surface area contributed by atoms with E-state index in [1.165, 1.54) is 0 Å². The average Bonchev–Trinajstić information content (AvgIpc) is 2.50. The third kappa shape index (κ3) is 1.37. The molecule has 1 aromatic heterocycles. The molecule has 2 aromatic rings. The molecule has 0 saturated heterocycles. The molecule has 3 rings (SSSR count). The molecule has 0 unspecified atom stereocenters. The molecule has 0 spiro atoms. The Labute approximate surface area is 92.4 Å². The molecule has 0 radical (unpaired) electrons. The lowest BCUT2D eigenvalue weighted by atomic mass is 10.1. The molecule has 0 amide bonds. The van der Waals surface area contributed by atoms with Crippen molar-refractivity contribution >= 4 is 22.9 Å². The molecular weight excluding hydrogens is 202 g/mol. The average molecular weight is 211 g/mol. The summed E-state index contributed by atoms with van der Waals surface area (Å²) in [6, 6.07) is 7.59. The van der Waals surface area contributed by atoms with Crippen molar-refractivity contribution in [2.45, 2.75) is 6.42 Å². The molecule has 0 fully saturated rings. The highest BCUT2D eigenvalue weighted by molar-refractivity contribution is 5.93. The van der Waals surface area contributed by atoms with Crippen molar-refractivity contribution in [2.24, 2.45) is 0 Å². The van der Waals surface area contributed by atoms with Gasteiger partial charge in [0.05, 0.1) is 11.9 Å². The van der Waals surface area contributed by atoms with Gasteiger partial charge in [-0.2, -0.15) is 0 Å². The minimum atomic E-state index is -0.230. The third-order valence-electron chi connectivity index (χ3n) is 2.56. The van der Waals surface area contributed by atoms with Crippen molar-refractivity contribution in [1.29, 1.82) is 0 Å². The number of carbonyl (C=O) groups is 1. The third-order valence-corrected chi connectivity index (χ3v) is 2.56. The number of pyridine rings is 1. The zero-order chi connectivity index (χ0) is 11.0. The molecule has 1 aromatic carbocycles. The van der Waals surface area contributed by atoms with E-state index in [1.807, 2.05) is 36.4 Å². The number of hydrogen-bond donors (Lipinski definition) is 0. The first-order chi connectivity index (χ1) is 7.84. The summed E-state index contributed by atoms with van der Waals surface area (Å²) in [7, 11) is 0. The fraction of sp³-hybridized carbons (Fsp3) is 0.0769. The second kappa shape index (κ2) is 3.45. The van der Waals surface area contributed by atoms with Crippen LogP contribution >= 0.6 is 0 Å². The first-order valence-corrected chi connectivity index (χ1v) is 5.09. The van der Waals surface area contributed by atoms with E-state index in [2.05, 4.69) is 4.98 Å². The minimum Gasteiger partial charge on any atom is -0.425 e. The van der Waals surface area contributed by atoms with Gasteiger partial charge in [-0.1, -0.05) is 12.2 Å². The van der Waals surface area contributed by atoms with Crippen molar-refractivity contribution in [2.75, 3.05) is 0 Å². The zero-order valence-electron chi connectivity index (χ0n) is 8.51. The van der Waals surface area contributed by atoms with Gasteiger partial charge in [0, 0.05) is 17.1 Å². The summed E-state index contributed by atoms with van der Waals surface area (Å²) in [6.07, 6.45) is 5.77. The second-order valence-electron chi connectivity index (χ2n) is 3.63. The summed E-state index contributed by atoms with van der Waals surface area (Å²) in [5, 5.41) is 0.875. The monoisotopic (exact) mass is 211 g/mol. The summed E-state index contributed by atoms with van der Waals surface area (Å²) in [5.41, 5.74) is 1.76. The van der Waals surface area contributed by atoms with E-state index in [-0.39, 0.29) is 5.97 Å². The summed E-state index contributed by atoms with van der Waals surface area (Å²) in [6.45, 7) is 0. The highest BCUT2D eigenvalue weighted by Gasteiger charge is 2.14. The van der Waals surface area contributed by atoms with Gasteiger partial charge < -0.3 is 4.74 Å². The number of ether oxygens (including phenoxy) is 1. The minimum absolute atomic E-state index is 0.230. The van der Waals surface area contributed by atoms with Crippen LogP contribution in [0.3, 0.4) is 0 Å². The fourth-order valence-electron chi connectivity index (χ4n) is 1.83. The van der Waals surface area contributed by atoms with Crippen LogP contribution < -0.4 is 4.74 Å². The summed E-state index contributed by atoms with van der Waals surface area (Å²) < 4.78 is 5.33. The summed E-state index contributed by atoms with van der Waals surface area (Å²) >= 11 is 0. The Kier molecular flexibility index (Phi) is 1.96. The normalized spacial score (nSPS) is 14.4. The van der Waals surface area contributed by atoms with Crippen LogP contribution in [0.1, 0.15) is 12.0 Å². The van der Waals surface area contributed by atoms with E-state index in [0.717, 1.165) is 16.5 Å². The van der Waals surface area contributed by atoms with Crippen LogP contribution in [-0.4, -0.2) is 11.0 Å². The highest BCUT2D eigenvalue weighted by atomic mass is 16.5. The lowest BCUT2D eigenvalue weighted by Crippen LogP contribution is -2.05. The zero-order valence-corrected chi connectivity index (χ0v) is 8.51. The van der Waals surface area contributed by atoms with Crippen LogP contribution in [-0.2, 0) is 4.79 Å². The number of esters is 1. The van der Waals surface area contributed by atoms with Crippen LogP contribution in [0.4, 0.5) is 0 Å². The van der Waals surface area contributed by atoms with E-state index < -0.39 is 0 Å². The summed E-state index contributed by atoms with van der Waals surface area (Å²) in [4.78, 5) is 15.6. The standard InChI is InChI=1S/C13H9NO2/c15-12-5-1-3-9-6-7-11-10(13(9)16-12)4-2-8-14-11/h1-4,6-8H,5H2. The Morgan fingerprint density at radius 2 is 2.19 bits per heavy atom. The van der Waals surface area contributed by atoms with E-state index in [9.17, 15) is 4.79 Å². The largest absolute Gasteiger partial charge is 0.425 e. The first kappa shape index (κ1) is 9.09. The van der Waals surface area contributed by atoms with Crippen LogP contribution in [0.25, 0.3) is 17.0 Å². The molecule has 2 heterocycles. The van der Waals surface area contributed by atoms with E-state index in [0.29, 0.717) is 12.2 Å². The predicted molar refractivity (Wildman–Crippen MR) is 61.0 cm³/mol. The van der Waals surface area contributed by atoms with E-state index in [4.69, 9.17) is 4.74 Å². The molecule has 0 bridgehead atoms. The molecule has 0 atom stereocenters. The number of rotatable bonds is 0. The van der Waals surface area contributed by atoms with E-state index in [1.54, 1.807) is 6.20 Å². The Balaban J connectivity index is 2.33. The molecule has 1 aliphatic rings. The van der Waals surface area contributed by atoms with Crippen LogP contribution in [0, 0.1) is 0 Å². The molecule has 3 nitrogen and oxygen atoms in total. The molecule has 78 valence electrons. The topological polar surface area (TPSA) is 39.2 Å². The van der Waals surface area contributed by atoms with Crippen molar-refractivity contribution < 1.29 is 9.53 Å². The van der Waals surface area contributed by atoms with Gasteiger partial charge in [-0.3, -0.25) is 9.78 Å². The van der Waals surface area contributed by atoms with Gasteiger partial charge in [0.1, 0.15) is 5.75 Å². The van der Waals surface area contributed by atoms with Gasteiger partial charge >= 0.3 is 5.97 Å². The number of nitrogens with zero attached hydrogens (tertiary/aromatic N) is 1. The molecule has 1 aliphatic heterocycles. The molecule has 0 aliphatic carbocycles. The van der Waals surface area contributed by atoms with Gasteiger partial charge in [0.2, 0.25) is 0 Å². The number of hydrogen-bond acceptors (Lipinski definition) is 3. The molecule has 0 N–H and O–H groups in total. The van der Waals surface area contributed by atoms with Crippen LogP contribution in [0.2, 0.25) is 0 Å². The van der Waals surface area contributed by atoms with Gasteiger partial charge in [-0.05, 0) is 24.3 Å². The Morgan fingerprint density at radius 3 is 3.12 bits per heavy atom. The van der Waals surface area contributed by atoms with Gasteiger partial charge in [-0.25, -0.2) is 0 Å². The van der Waals surface area contributed by atoms with Crippen molar-refractivity contribution in [3.05, 3.63) is 42.1 Å². The maximum Gasteiger partial charge on any atom is 0.315 e. The lowest BCUT2D eigenvalue weighted by Gasteiger charge is -2.07. The van der Waals surface area contributed by atoms with Crippen molar-refractivity contribution in [3.8, 4) is 5.75 Å². The SMILES string of the molecule is O=C1CC=Cc2ccc3ncccc3c2O1. The van der Waals surface area contributed by atoms with E-state index >= 15 is 0 Å². The van der Waals surface area contributed by atoms with Crippen LogP contribution in [0.5, 0.6) is 5.75 Å². The van der Waals surface area contributed by atoms with Gasteiger partial charge in [-0.15, -0.1) is 0 Å². The maximum atomic E-state index is 11.4. The number of benzene rings is 1. The smallest absolute Gasteiger partial charge is 0.315 e. The van der Waals surface area contributed by atoms with Crippen molar-refractivity contribution in [1.82, 2.24) is 4.98 Å².